The smallest absolute Gasteiger partial charge is 0.263 e. The Morgan fingerprint density at radius 1 is 1.08 bits per heavy atom. The van der Waals surface area contributed by atoms with Crippen LogP contribution in [0.3, 0.4) is 0 Å². The number of piperazine rings is 1. The summed E-state index contributed by atoms with van der Waals surface area (Å²) in [5.74, 6) is -0.156. The molecule has 1 aromatic heterocycles. The first-order valence-corrected chi connectivity index (χ1v) is 9.24. The van der Waals surface area contributed by atoms with Crippen LogP contribution >= 0.6 is 0 Å². The molecule has 26 heavy (non-hydrogen) atoms. The lowest BCUT2D eigenvalue weighted by atomic mass is 10.1. The summed E-state index contributed by atoms with van der Waals surface area (Å²) >= 11 is 0. The predicted octanol–water partition coefficient (Wildman–Crippen LogP) is 2.37. The summed E-state index contributed by atoms with van der Waals surface area (Å²) in [4.78, 5) is 29.8. The van der Waals surface area contributed by atoms with Crippen LogP contribution in [0.15, 0.2) is 47.4 Å². The van der Waals surface area contributed by atoms with E-state index in [0.717, 1.165) is 24.2 Å². The monoisotopic (exact) mass is 353 g/mol. The van der Waals surface area contributed by atoms with Gasteiger partial charge in [-0.15, -0.1) is 0 Å². The van der Waals surface area contributed by atoms with Gasteiger partial charge in [-0.25, -0.2) is 0 Å². The lowest BCUT2D eigenvalue weighted by molar-refractivity contribution is 0.0593. The van der Waals surface area contributed by atoms with Gasteiger partial charge in [0.2, 0.25) is 0 Å². The van der Waals surface area contributed by atoms with Crippen LogP contribution in [0.25, 0.3) is 0 Å². The maximum absolute atomic E-state index is 12.8. The average molecular weight is 353 g/mol. The fourth-order valence-corrected chi connectivity index (χ4v) is 3.44. The first kappa shape index (κ1) is 18.4. The van der Waals surface area contributed by atoms with E-state index in [1.54, 1.807) is 27.8 Å². The van der Waals surface area contributed by atoms with Crippen molar-refractivity contribution in [2.75, 3.05) is 26.2 Å². The Labute approximate surface area is 154 Å². The van der Waals surface area contributed by atoms with Crippen molar-refractivity contribution >= 4 is 5.91 Å². The quantitative estimate of drug-likeness (QED) is 0.848. The highest BCUT2D eigenvalue weighted by molar-refractivity contribution is 5.93. The van der Waals surface area contributed by atoms with Gasteiger partial charge in [-0.3, -0.25) is 14.5 Å². The van der Waals surface area contributed by atoms with E-state index in [0.29, 0.717) is 25.7 Å². The van der Waals surface area contributed by atoms with Gasteiger partial charge in [0.25, 0.3) is 11.5 Å². The number of pyridine rings is 1. The molecule has 0 atom stereocenters. The largest absolute Gasteiger partial charge is 0.336 e. The fourth-order valence-electron chi connectivity index (χ4n) is 3.44. The molecule has 1 fully saturated rings. The highest BCUT2D eigenvalue weighted by atomic mass is 16.2. The molecule has 0 spiro atoms. The van der Waals surface area contributed by atoms with Crippen LogP contribution in [0.5, 0.6) is 0 Å². The molecular weight excluding hydrogens is 326 g/mol. The number of amides is 1. The van der Waals surface area contributed by atoms with Gasteiger partial charge in [0.15, 0.2) is 0 Å². The van der Waals surface area contributed by atoms with Crippen molar-refractivity contribution in [3.8, 4) is 0 Å². The van der Waals surface area contributed by atoms with Crippen LogP contribution in [-0.4, -0.2) is 52.5 Å². The van der Waals surface area contributed by atoms with Crippen molar-refractivity contribution in [3.63, 3.8) is 0 Å². The molecule has 138 valence electrons. The third-order valence-electron chi connectivity index (χ3n) is 5.02. The number of hydrogen-bond acceptors (Lipinski definition) is 3. The van der Waals surface area contributed by atoms with Crippen molar-refractivity contribution in [1.29, 1.82) is 0 Å². The number of aryl methyl sites for hydroxylation is 1. The molecule has 1 amide bonds. The molecule has 1 aliphatic heterocycles. The third-order valence-corrected chi connectivity index (χ3v) is 5.02. The summed E-state index contributed by atoms with van der Waals surface area (Å²) in [5, 5.41) is 0. The van der Waals surface area contributed by atoms with Crippen LogP contribution in [0.2, 0.25) is 0 Å². The third kappa shape index (κ3) is 4.05. The summed E-state index contributed by atoms with van der Waals surface area (Å²) in [7, 11) is 0. The Kier molecular flexibility index (Phi) is 5.57. The van der Waals surface area contributed by atoms with Gasteiger partial charge in [0, 0.05) is 38.4 Å². The number of rotatable bonds is 4. The fraction of sp³-hybridized carbons (Fsp3) is 0.429. The standard InChI is InChI=1S/C21H27N3O2/c1-16(2)22-10-12-23(13-11-22)20(25)19-8-5-9-24(21(19)26)15-18-7-4-6-17(3)14-18/h4-9,14,16H,10-13,15H2,1-3H3. The number of hydrogen-bond donors (Lipinski definition) is 0. The molecule has 0 saturated carbocycles. The molecule has 1 aliphatic rings. The Morgan fingerprint density at radius 2 is 1.81 bits per heavy atom. The maximum Gasteiger partial charge on any atom is 0.263 e. The summed E-state index contributed by atoms with van der Waals surface area (Å²) in [5.41, 5.74) is 2.26. The van der Waals surface area contributed by atoms with Crippen LogP contribution in [0.4, 0.5) is 0 Å². The van der Waals surface area contributed by atoms with Crippen LogP contribution in [0, 0.1) is 6.92 Å². The predicted molar refractivity (Wildman–Crippen MR) is 104 cm³/mol. The van der Waals surface area contributed by atoms with Crippen molar-refractivity contribution in [2.45, 2.75) is 33.4 Å². The highest BCUT2D eigenvalue weighted by Crippen LogP contribution is 2.10. The number of nitrogens with zero attached hydrogens (tertiary/aromatic N) is 3. The number of aromatic nitrogens is 1. The Bertz CT molecular complexity index is 833. The van der Waals surface area contributed by atoms with Crippen molar-refractivity contribution < 1.29 is 4.79 Å². The zero-order valence-corrected chi connectivity index (χ0v) is 15.8. The van der Waals surface area contributed by atoms with Crippen molar-refractivity contribution in [1.82, 2.24) is 14.4 Å². The SMILES string of the molecule is Cc1cccc(Cn2cccc(C(=O)N3CCN(C(C)C)CC3)c2=O)c1. The lowest BCUT2D eigenvalue weighted by Crippen LogP contribution is -2.51. The van der Waals surface area contributed by atoms with Gasteiger partial charge in [0.05, 0.1) is 6.54 Å². The molecule has 2 heterocycles. The maximum atomic E-state index is 12.8. The van der Waals surface area contributed by atoms with E-state index in [9.17, 15) is 9.59 Å². The zero-order valence-electron chi connectivity index (χ0n) is 15.8. The molecule has 2 aromatic rings. The number of carbonyl (C=O) groups excluding carboxylic acids is 1. The second-order valence-electron chi connectivity index (χ2n) is 7.27. The second kappa shape index (κ2) is 7.87. The van der Waals surface area contributed by atoms with E-state index in [1.807, 2.05) is 25.1 Å². The van der Waals surface area contributed by atoms with E-state index in [-0.39, 0.29) is 17.0 Å². The first-order chi connectivity index (χ1) is 12.5. The number of benzene rings is 1. The zero-order chi connectivity index (χ0) is 18.7. The average Bonchev–Trinajstić information content (AvgIpc) is 2.63. The topological polar surface area (TPSA) is 45.6 Å². The highest BCUT2D eigenvalue weighted by Gasteiger charge is 2.25. The summed E-state index contributed by atoms with van der Waals surface area (Å²) < 4.78 is 1.62. The summed E-state index contributed by atoms with van der Waals surface area (Å²) in [6.45, 7) is 9.89. The first-order valence-electron chi connectivity index (χ1n) is 9.24. The normalized spacial score (nSPS) is 15.5. The van der Waals surface area contributed by atoms with Gasteiger partial charge in [0.1, 0.15) is 5.56 Å². The molecule has 1 saturated heterocycles. The minimum atomic E-state index is -0.217. The summed E-state index contributed by atoms with van der Waals surface area (Å²) in [6.07, 6.45) is 1.75. The molecule has 0 N–H and O–H groups in total. The summed E-state index contributed by atoms with van der Waals surface area (Å²) in [6, 6.07) is 12.0. The minimum absolute atomic E-state index is 0.156. The van der Waals surface area contributed by atoms with Crippen LogP contribution in [-0.2, 0) is 6.54 Å². The Morgan fingerprint density at radius 3 is 2.46 bits per heavy atom. The Hall–Kier alpha value is -2.40. The van der Waals surface area contributed by atoms with Gasteiger partial charge < -0.3 is 9.47 Å². The molecule has 0 radical (unpaired) electrons. The molecule has 5 heteroatoms. The molecule has 1 aromatic carbocycles. The molecule has 0 aliphatic carbocycles. The molecule has 5 nitrogen and oxygen atoms in total. The second-order valence-corrected chi connectivity index (χ2v) is 7.27. The molecular formula is C21H27N3O2. The minimum Gasteiger partial charge on any atom is -0.336 e. The number of carbonyl (C=O) groups is 1. The van der Waals surface area contributed by atoms with E-state index in [4.69, 9.17) is 0 Å². The van der Waals surface area contributed by atoms with Crippen LogP contribution < -0.4 is 5.56 Å². The van der Waals surface area contributed by atoms with E-state index in [1.165, 1.54) is 0 Å². The molecule has 0 unspecified atom stereocenters. The molecule has 0 bridgehead atoms. The lowest BCUT2D eigenvalue weighted by Gasteiger charge is -2.36. The van der Waals surface area contributed by atoms with Gasteiger partial charge in [-0.05, 0) is 38.5 Å². The van der Waals surface area contributed by atoms with Crippen molar-refractivity contribution in [3.05, 3.63) is 69.6 Å². The van der Waals surface area contributed by atoms with Gasteiger partial charge >= 0.3 is 0 Å². The van der Waals surface area contributed by atoms with E-state index in [2.05, 4.69) is 24.8 Å². The van der Waals surface area contributed by atoms with Gasteiger partial charge in [-0.1, -0.05) is 29.8 Å². The van der Waals surface area contributed by atoms with E-state index < -0.39 is 0 Å². The van der Waals surface area contributed by atoms with Crippen LogP contribution in [0.1, 0.15) is 35.3 Å². The van der Waals surface area contributed by atoms with Crippen molar-refractivity contribution in [2.24, 2.45) is 0 Å². The Balaban J connectivity index is 1.77. The van der Waals surface area contributed by atoms with E-state index >= 15 is 0 Å². The van der Waals surface area contributed by atoms with Gasteiger partial charge in [-0.2, -0.15) is 0 Å². The molecule has 3 rings (SSSR count).